The highest BCUT2D eigenvalue weighted by Gasteiger charge is 2.33. The Hall–Kier alpha value is -2.40. The number of piperidine rings is 1. The Labute approximate surface area is 187 Å². The van der Waals surface area contributed by atoms with E-state index in [2.05, 4.69) is 55.1 Å². The molecule has 1 aromatic carbocycles. The molecule has 2 unspecified atom stereocenters. The fraction of sp³-hybridized carbons (Fsp3) is 0.538. The highest BCUT2D eigenvalue weighted by Crippen LogP contribution is 2.37. The molecule has 0 spiro atoms. The van der Waals surface area contributed by atoms with Crippen molar-refractivity contribution in [1.82, 2.24) is 9.88 Å². The summed E-state index contributed by atoms with van der Waals surface area (Å²) in [6.07, 6.45) is 5.72. The third-order valence-electron chi connectivity index (χ3n) is 5.87. The maximum Gasteiger partial charge on any atom is 0.416 e. The molecule has 168 valence electrons. The van der Waals surface area contributed by atoms with Gasteiger partial charge in [-0.3, -0.25) is 9.80 Å². The van der Waals surface area contributed by atoms with Gasteiger partial charge >= 0.3 is 6.09 Å². The molecule has 2 aromatic rings. The molecule has 31 heavy (non-hydrogen) atoms. The summed E-state index contributed by atoms with van der Waals surface area (Å²) in [6, 6.07) is 15.0. The highest BCUT2D eigenvalue weighted by molar-refractivity contribution is 5.88. The molecule has 5 nitrogen and oxygen atoms in total. The number of likely N-dealkylation sites (tertiary alicyclic amines) is 1. The van der Waals surface area contributed by atoms with Crippen LogP contribution in [0.25, 0.3) is 0 Å². The molecular formula is C26H37N3O2. The predicted molar refractivity (Wildman–Crippen MR) is 126 cm³/mol. The van der Waals surface area contributed by atoms with Gasteiger partial charge in [0.2, 0.25) is 0 Å². The van der Waals surface area contributed by atoms with Crippen molar-refractivity contribution in [1.29, 1.82) is 0 Å². The number of ether oxygens (including phenoxy) is 1. The van der Waals surface area contributed by atoms with Gasteiger partial charge in [0.15, 0.2) is 0 Å². The molecule has 1 aliphatic rings. The molecular weight excluding hydrogens is 386 g/mol. The topological polar surface area (TPSA) is 45.7 Å². The van der Waals surface area contributed by atoms with E-state index >= 15 is 0 Å². The standard InChI is InChI=1S/C26H37N3O2/c1-6-20(2)29(25(30)31-26(3,4)5)24-22(15-12-17-27-24)23-16-10-11-18-28(23)19-21-13-8-7-9-14-21/h7-9,12-15,17,20,23H,6,10-11,16,18-19H2,1-5H3. The minimum absolute atomic E-state index is 0.00494. The quantitative estimate of drug-likeness (QED) is 0.543. The van der Waals surface area contributed by atoms with Gasteiger partial charge in [0, 0.05) is 30.4 Å². The Morgan fingerprint density at radius 2 is 1.94 bits per heavy atom. The number of benzene rings is 1. The normalized spacial score (nSPS) is 18.4. The van der Waals surface area contributed by atoms with E-state index in [9.17, 15) is 4.79 Å². The molecule has 0 bridgehead atoms. The molecule has 3 rings (SSSR count). The number of aromatic nitrogens is 1. The van der Waals surface area contributed by atoms with Gasteiger partial charge in [-0.05, 0) is 65.1 Å². The maximum atomic E-state index is 13.2. The van der Waals surface area contributed by atoms with Crippen LogP contribution in [0.5, 0.6) is 0 Å². The number of carbonyl (C=O) groups excluding carboxylic acids is 1. The molecule has 0 N–H and O–H groups in total. The van der Waals surface area contributed by atoms with Gasteiger partial charge < -0.3 is 4.74 Å². The van der Waals surface area contributed by atoms with Gasteiger partial charge in [-0.2, -0.15) is 0 Å². The molecule has 0 radical (unpaired) electrons. The second-order valence-electron chi connectivity index (χ2n) is 9.49. The number of nitrogens with zero attached hydrogens (tertiary/aromatic N) is 3. The van der Waals surface area contributed by atoms with Crippen molar-refractivity contribution < 1.29 is 9.53 Å². The molecule has 0 aliphatic carbocycles. The molecule has 1 amide bonds. The zero-order valence-electron chi connectivity index (χ0n) is 19.7. The zero-order chi connectivity index (χ0) is 22.4. The molecule has 1 fully saturated rings. The third kappa shape index (κ3) is 6.07. The van der Waals surface area contributed by atoms with Crippen molar-refractivity contribution in [3.05, 3.63) is 59.8 Å². The first kappa shape index (κ1) is 23.3. The largest absolute Gasteiger partial charge is 0.443 e. The van der Waals surface area contributed by atoms with E-state index in [0.29, 0.717) is 0 Å². The summed E-state index contributed by atoms with van der Waals surface area (Å²) < 4.78 is 5.78. The van der Waals surface area contributed by atoms with Crippen LogP contribution in [0.15, 0.2) is 48.7 Å². The number of pyridine rings is 1. The second-order valence-corrected chi connectivity index (χ2v) is 9.49. The Balaban J connectivity index is 1.96. The van der Waals surface area contributed by atoms with Gasteiger partial charge in [-0.15, -0.1) is 0 Å². The van der Waals surface area contributed by atoms with Crippen molar-refractivity contribution in [2.45, 2.75) is 84.5 Å². The van der Waals surface area contributed by atoms with Gasteiger partial charge in [0.25, 0.3) is 0 Å². The Morgan fingerprint density at radius 1 is 1.19 bits per heavy atom. The van der Waals surface area contributed by atoms with Crippen molar-refractivity contribution >= 4 is 11.9 Å². The van der Waals surface area contributed by atoms with Gasteiger partial charge in [0.05, 0.1) is 0 Å². The smallest absolute Gasteiger partial charge is 0.416 e. The van der Waals surface area contributed by atoms with Gasteiger partial charge in [-0.25, -0.2) is 9.78 Å². The zero-order valence-corrected chi connectivity index (χ0v) is 19.7. The van der Waals surface area contributed by atoms with E-state index < -0.39 is 5.60 Å². The van der Waals surface area contributed by atoms with Crippen LogP contribution in [0.1, 0.15) is 77.5 Å². The van der Waals surface area contributed by atoms with E-state index in [1.165, 1.54) is 18.4 Å². The molecule has 5 heteroatoms. The summed E-state index contributed by atoms with van der Waals surface area (Å²) >= 11 is 0. The van der Waals surface area contributed by atoms with Crippen LogP contribution in [0.3, 0.4) is 0 Å². The molecule has 2 atom stereocenters. The molecule has 1 aliphatic heterocycles. The summed E-state index contributed by atoms with van der Waals surface area (Å²) in [7, 11) is 0. The van der Waals surface area contributed by atoms with Crippen LogP contribution in [0.4, 0.5) is 10.6 Å². The second kappa shape index (κ2) is 10.3. The minimum Gasteiger partial charge on any atom is -0.443 e. The van der Waals surface area contributed by atoms with Crippen molar-refractivity contribution in [3.8, 4) is 0 Å². The predicted octanol–water partition coefficient (Wildman–Crippen LogP) is 6.35. The van der Waals surface area contributed by atoms with Crippen molar-refractivity contribution in [3.63, 3.8) is 0 Å². The van der Waals surface area contributed by atoms with E-state index in [1.54, 1.807) is 11.1 Å². The Bertz CT molecular complexity index is 847. The van der Waals surface area contributed by atoms with Crippen LogP contribution in [-0.4, -0.2) is 34.2 Å². The number of hydrogen-bond donors (Lipinski definition) is 0. The fourth-order valence-electron chi connectivity index (χ4n) is 4.19. The molecule has 1 saturated heterocycles. The first-order valence-electron chi connectivity index (χ1n) is 11.5. The lowest BCUT2D eigenvalue weighted by atomic mass is 9.94. The minimum atomic E-state index is -0.554. The summed E-state index contributed by atoms with van der Waals surface area (Å²) in [6.45, 7) is 11.8. The third-order valence-corrected chi connectivity index (χ3v) is 5.87. The first-order chi connectivity index (χ1) is 14.8. The van der Waals surface area contributed by atoms with E-state index in [1.807, 2.05) is 26.8 Å². The van der Waals surface area contributed by atoms with Crippen molar-refractivity contribution in [2.75, 3.05) is 11.4 Å². The van der Waals surface area contributed by atoms with Crippen LogP contribution < -0.4 is 4.90 Å². The molecule has 2 heterocycles. The number of anilines is 1. The average Bonchev–Trinajstić information content (AvgIpc) is 2.74. The van der Waals surface area contributed by atoms with Crippen LogP contribution in [0, 0.1) is 0 Å². The first-order valence-corrected chi connectivity index (χ1v) is 11.5. The lowest BCUT2D eigenvalue weighted by Gasteiger charge is -2.39. The number of hydrogen-bond acceptors (Lipinski definition) is 4. The lowest BCUT2D eigenvalue weighted by Crippen LogP contribution is -2.44. The summed E-state index contributed by atoms with van der Waals surface area (Å²) in [5, 5.41) is 0. The molecule has 1 aromatic heterocycles. The highest BCUT2D eigenvalue weighted by atomic mass is 16.6. The maximum absolute atomic E-state index is 13.2. The Kier molecular flexibility index (Phi) is 7.71. The van der Waals surface area contributed by atoms with Crippen LogP contribution >= 0.6 is 0 Å². The van der Waals surface area contributed by atoms with Gasteiger partial charge in [-0.1, -0.05) is 49.7 Å². The summed E-state index contributed by atoms with van der Waals surface area (Å²) in [5.74, 6) is 0.732. The van der Waals surface area contributed by atoms with Crippen molar-refractivity contribution in [2.24, 2.45) is 0 Å². The SMILES string of the molecule is CCC(C)N(C(=O)OC(C)(C)C)c1ncccc1C1CCCCN1Cc1ccccc1. The number of amides is 1. The fourth-order valence-corrected chi connectivity index (χ4v) is 4.19. The number of rotatable bonds is 6. The van der Waals surface area contributed by atoms with E-state index in [4.69, 9.17) is 9.72 Å². The van der Waals surface area contributed by atoms with Crippen LogP contribution in [0.2, 0.25) is 0 Å². The molecule has 0 saturated carbocycles. The summed E-state index contributed by atoms with van der Waals surface area (Å²) in [5.41, 5.74) is 1.87. The van der Waals surface area contributed by atoms with Crippen LogP contribution in [-0.2, 0) is 11.3 Å². The van der Waals surface area contributed by atoms with E-state index in [-0.39, 0.29) is 18.2 Å². The average molecular weight is 424 g/mol. The summed E-state index contributed by atoms with van der Waals surface area (Å²) in [4.78, 5) is 22.2. The number of carbonyl (C=O) groups is 1. The monoisotopic (exact) mass is 423 g/mol. The Morgan fingerprint density at radius 3 is 2.61 bits per heavy atom. The lowest BCUT2D eigenvalue weighted by molar-refractivity contribution is 0.0564. The van der Waals surface area contributed by atoms with Gasteiger partial charge in [0.1, 0.15) is 11.4 Å². The van der Waals surface area contributed by atoms with E-state index in [0.717, 1.165) is 37.3 Å².